The minimum Gasteiger partial charge on any atom is -0.339 e. The molecular weight excluding hydrogens is 396 g/mol. The molecule has 1 amide bonds. The van der Waals surface area contributed by atoms with Crippen LogP contribution in [-0.2, 0) is 6.54 Å². The second-order valence-corrected chi connectivity index (χ2v) is 8.17. The van der Waals surface area contributed by atoms with Crippen LogP contribution in [0, 0.1) is 5.82 Å². The molecule has 8 heteroatoms. The number of thiazole rings is 1. The quantitative estimate of drug-likeness (QED) is 0.575. The fourth-order valence-corrected chi connectivity index (χ4v) is 3.48. The third-order valence-corrected chi connectivity index (χ3v) is 5.26. The Kier molecular flexibility index (Phi) is 5.65. The maximum Gasteiger partial charge on any atom is 0.274 e. The van der Waals surface area contributed by atoms with Crippen molar-refractivity contribution in [3.05, 3.63) is 68.7 Å². The fraction of sp³-hybridized carbons (Fsp3) is 0.222. The molecule has 0 fully saturated rings. The average molecular weight is 412 g/mol. The van der Waals surface area contributed by atoms with E-state index in [9.17, 15) is 9.18 Å². The van der Waals surface area contributed by atoms with Crippen LogP contribution in [0.15, 0.2) is 36.7 Å². The van der Waals surface area contributed by atoms with Crippen LogP contribution in [-0.4, -0.2) is 15.5 Å². The third kappa shape index (κ3) is 4.26. The number of nitrogens with zero attached hydrogens (tertiary/aromatic N) is 2. The van der Waals surface area contributed by atoms with Crippen LogP contribution in [0.1, 0.15) is 41.4 Å². The Hall–Kier alpha value is -1.89. The largest absolute Gasteiger partial charge is 0.339 e. The summed E-state index contributed by atoms with van der Waals surface area (Å²) < 4.78 is 15.8. The van der Waals surface area contributed by atoms with Crippen LogP contribution >= 0.6 is 34.5 Å². The van der Waals surface area contributed by atoms with Gasteiger partial charge in [-0.15, -0.1) is 0 Å². The highest BCUT2D eigenvalue weighted by Crippen LogP contribution is 2.26. The number of amides is 1. The summed E-state index contributed by atoms with van der Waals surface area (Å²) >= 11 is 13.2. The lowest BCUT2D eigenvalue weighted by molar-refractivity contribution is 0.101. The van der Waals surface area contributed by atoms with E-state index in [1.807, 2.05) is 26.1 Å². The maximum absolute atomic E-state index is 13.6. The Morgan fingerprint density at radius 1 is 1.35 bits per heavy atom. The van der Waals surface area contributed by atoms with Crippen molar-refractivity contribution >= 4 is 45.6 Å². The topological polar surface area (TPSA) is 46.9 Å². The lowest BCUT2D eigenvalue weighted by Crippen LogP contribution is -2.17. The molecule has 3 rings (SSSR count). The van der Waals surface area contributed by atoms with Crippen molar-refractivity contribution in [1.29, 1.82) is 0 Å². The summed E-state index contributed by atoms with van der Waals surface area (Å²) in [5, 5.41) is 3.61. The van der Waals surface area contributed by atoms with Crippen LogP contribution in [0.4, 0.5) is 9.52 Å². The molecule has 0 spiro atoms. The summed E-state index contributed by atoms with van der Waals surface area (Å²) in [6.07, 6.45) is 3.36. The second kappa shape index (κ2) is 7.78. The number of carbonyl (C=O) groups is 1. The highest BCUT2D eigenvalue weighted by molar-refractivity contribution is 7.19. The van der Waals surface area contributed by atoms with Crippen molar-refractivity contribution in [3.8, 4) is 0 Å². The van der Waals surface area contributed by atoms with Gasteiger partial charge >= 0.3 is 0 Å². The zero-order valence-corrected chi connectivity index (χ0v) is 16.4. The molecule has 0 saturated carbocycles. The minimum absolute atomic E-state index is 0.236. The Bertz CT molecular complexity index is 952. The molecule has 0 aliphatic heterocycles. The highest BCUT2D eigenvalue weighted by Gasteiger charge is 2.18. The van der Waals surface area contributed by atoms with Crippen LogP contribution in [0.5, 0.6) is 0 Å². The van der Waals surface area contributed by atoms with E-state index in [0.29, 0.717) is 25.7 Å². The smallest absolute Gasteiger partial charge is 0.274 e. The monoisotopic (exact) mass is 411 g/mol. The third-order valence-electron chi connectivity index (χ3n) is 3.86. The van der Waals surface area contributed by atoms with E-state index < -0.39 is 0 Å². The second-order valence-electron chi connectivity index (χ2n) is 6.10. The van der Waals surface area contributed by atoms with E-state index in [-0.39, 0.29) is 24.2 Å². The summed E-state index contributed by atoms with van der Waals surface area (Å²) in [5.74, 6) is -0.445. The zero-order chi connectivity index (χ0) is 18.8. The molecule has 0 aliphatic rings. The zero-order valence-electron chi connectivity index (χ0n) is 14.1. The first kappa shape index (κ1) is 18.9. The standard InChI is InChI=1S/C18H16Cl2FN3OS/c1-10(2)11-6-15(17(25)23-18-22-7-16(20)26-18)24(8-11)9-12-5-13(21)3-4-14(12)19/h3-8,10H,9H2,1-2H3,(H,22,23,25). The summed E-state index contributed by atoms with van der Waals surface area (Å²) in [4.78, 5) is 16.7. The average Bonchev–Trinajstić information content (AvgIpc) is 3.17. The Labute approximate surface area is 164 Å². The van der Waals surface area contributed by atoms with Gasteiger partial charge in [-0.2, -0.15) is 0 Å². The van der Waals surface area contributed by atoms with E-state index in [0.717, 1.165) is 5.56 Å². The normalized spacial score (nSPS) is 11.2. The van der Waals surface area contributed by atoms with Gasteiger partial charge in [0.1, 0.15) is 15.8 Å². The van der Waals surface area contributed by atoms with Gasteiger partial charge in [-0.25, -0.2) is 9.37 Å². The van der Waals surface area contributed by atoms with Gasteiger partial charge in [0.25, 0.3) is 5.91 Å². The summed E-state index contributed by atoms with van der Waals surface area (Å²) in [7, 11) is 0. The lowest BCUT2D eigenvalue weighted by atomic mass is 10.1. The number of carbonyl (C=O) groups excluding carboxylic acids is 1. The number of benzene rings is 1. The lowest BCUT2D eigenvalue weighted by Gasteiger charge is -2.10. The Morgan fingerprint density at radius 3 is 2.77 bits per heavy atom. The molecule has 2 aromatic heterocycles. The van der Waals surface area contributed by atoms with Crippen molar-refractivity contribution in [3.63, 3.8) is 0 Å². The molecule has 0 saturated heterocycles. The van der Waals surface area contributed by atoms with Gasteiger partial charge in [0, 0.05) is 17.8 Å². The van der Waals surface area contributed by atoms with Gasteiger partial charge in [0.15, 0.2) is 5.13 Å². The molecule has 26 heavy (non-hydrogen) atoms. The molecule has 136 valence electrons. The van der Waals surface area contributed by atoms with Crippen LogP contribution < -0.4 is 5.32 Å². The Morgan fingerprint density at radius 2 is 2.12 bits per heavy atom. The summed E-state index contributed by atoms with van der Waals surface area (Å²) in [5.41, 5.74) is 2.05. The predicted molar refractivity (Wildman–Crippen MR) is 104 cm³/mol. The van der Waals surface area contributed by atoms with Crippen molar-refractivity contribution in [2.75, 3.05) is 5.32 Å². The number of hydrogen-bond donors (Lipinski definition) is 1. The summed E-state index contributed by atoms with van der Waals surface area (Å²) in [6.45, 7) is 4.36. The van der Waals surface area contributed by atoms with Crippen molar-refractivity contribution in [2.24, 2.45) is 0 Å². The first-order chi connectivity index (χ1) is 12.3. The van der Waals surface area contributed by atoms with E-state index in [2.05, 4.69) is 10.3 Å². The molecule has 2 heterocycles. The van der Waals surface area contributed by atoms with Crippen molar-refractivity contribution in [2.45, 2.75) is 26.3 Å². The van der Waals surface area contributed by atoms with Crippen LogP contribution in [0.3, 0.4) is 0 Å². The van der Waals surface area contributed by atoms with E-state index >= 15 is 0 Å². The van der Waals surface area contributed by atoms with Crippen molar-refractivity contribution < 1.29 is 9.18 Å². The van der Waals surface area contributed by atoms with Crippen molar-refractivity contribution in [1.82, 2.24) is 9.55 Å². The number of anilines is 1. The molecule has 1 N–H and O–H groups in total. The Balaban J connectivity index is 1.93. The number of halogens is 3. The van der Waals surface area contributed by atoms with E-state index in [1.54, 1.807) is 4.57 Å². The number of hydrogen-bond acceptors (Lipinski definition) is 3. The molecule has 0 aliphatic carbocycles. The number of nitrogens with one attached hydrogen (secondary N) is 1. The maximum atomic E-state index is 13.6. The number of rotatable bonds is 5. The van der Waals surface area contributed by atoms with Gasteiger partial charge in [0.05, 0.1) is 6.20 Å². The SMILES string of the molecule is CC(C)c1cc(C(=O)Nc2ncc(Cl)s2)n(Cc2cc(F)ccc2Cl)c1. The van der Waals surface area contributed by atoms with Gasteiger partial charge in [-0.3, -0.25) is 10.1 Å². The van der Waals surface area contributed by atoms with Gasteiger partial charge in [-0.1, -0.05) is 48.4 Å². The number of aromatic nitrogens is 2. The first-order valence-corrected chi connectivity index (χ1v) is 9.47. The van der Waals surface area contributed by atoms with E-state index in [4.69, 9.17) is 23.2 Å². The van der Waals surface area contributed by atoms with Crippen LogP contribution in [0.25, 0.3) is 0 Å². The molecule has 1 aromatic carbocycles. The molecular formula is C18H16Cl2FN3OS. The fourth-order valence-electron chi connectivity index (χ4n) is 2.49. The molecule has 0 bridgehead atoms. The minimum atomic E-state index is -0.371. The van der Waals surface area contributed by atoms with Crippen LogP contribution in [0.2, 0.25) is 9.36 Å². The molecule has 4 nitrogen and oxygen atoms in total. The molecule has 0 radical (unpaired) electrons. The molecule has 3 aromatic rings. The summed E-state index contributed by atoms with van der Waals surface area (Å²) in [6, 6.07) is 6.01. The van der Waals surface area contributed by atoms with Gasteiger partial charge in [0.2, 0.25) is 0 Å². The molecule has 0 atom stereocenters. The first-order valence-electron chi connectivity index (χ1n) is 7.90. The highest BCUT2D eigenvalue weighted by atomic mass is 35.5. The van der Waals surface area contributed by atoms with E-state index in [1.165, 1.54) is 35.7 Å². The van der Waals surface area contributed by atoms with Gasteiger partial charge in [-0.05, 0) is 41.3 Å². The molecule has 0 unspecified atom stereocenters. The predicted octanol–water partition coefficient (Wildman–Crippen LogP) is 5.81. The van der Waals surface area contributed by atoms with Gasteiger partial charge < -0.3 is 4.57 Å².